The number of nitrogens with zero attached hydrogens (tertiary/aromatic N) is 1. The molecule has 1 amide bonds. The van der Waals surface area contributed by atoms with Gasteiger partial charge in [0, 0.05) is 12.7 Å². The average molecular weight is 236 g/mol. The van der Waals surface area contributed by atoms with Gasteiger partial charge in [0.1, 0.15) is 5.75 Å². The second-order valence-electron chi connectivity index (χ2n) is 3.64. The smallest absolute Gasteiger partial charge is 0.273 e. The van der Waals surface area contributed by atoms with E-state index in [1.807, 2.05) is 6.92 Å². The van der Waals surface area contributed by atoms with E-state index in [-0.39, 0.29) is 11.4 Å². The molecule has 1 aromatic heterocycles. The quantitative estimate of drug-likeness (QED) is 0.573. The first-order valence-corrected chi connectivity index (χ1v) is 5.25. The van der Waals surface area contributed by atoms with E-state index in [0.29, 0.717) is 19.8 Å². The van der Waals surface area contributed by atoms with Crippen molar-refractivity contribution in [2.45, 2.75) is 6.92 Å². The molecule has 0 spiro atoms. The largest absolute Gasteiger partial charge is 0.505 e. The minimum absolute atomic E-state index is 0.0207. The Morgan fingerprint density at radius 2 is 2.41 bits per heavy atom. The van der Waals surface area contributed by atoms with Gasteiger partial charge in [-0.3, -0.25) is 4.79 Å². The Kier molecular flexibility index (Phi) is 5.16. The number of hydrogen-bond acceptors (Lipinski definition) is 4. The number of nitrogens with one attached hydrogen (secondary N) is 1. The van der Waals surface area contributed by atoms with Crippen LogP contribution in [0.3, 0.4) is 0 Å². The fourth-order valence-corrected chi connectivity index (χ4v) is 1.14. The van der Waals surface area contributed by atoms with Crippen molar-refractivity contribution in [1.29, 1.82) is 0 Å². The summed E-state index contributed by atoms with van der Waals surface area (Å²) < 4.78 is 5.21. The van der Waals surface area contributed by atoms with Crippen LogP contribution in [0.1, 0.15) is 17.4 Å². The van der Waals surface area contributed by atoms with Crippen LogP contribution in [0, 0.1) is 0 Å². The standard InChI is InChI=1S/C12H16N2O3/c1-9(2)8-17-7-6-14-12(16)11-10(15)4-3-5-13-11/h3-5,15H,1,6-8H2,2H3,(H,14,16). The van der Waals surface area contributed by atoms with E-state index in [1.165, 1.54) is 12.3 Å². The van der Waals surface area contributed by atoms with E-state index in [9.17, 15) is 9.90 Å². The van der Waals surface area contributed by atoms with E-state index in [2.05, 4.69) is 16.9 Å². The van der Waals surface area contributed by atoms with Gasteiger partial charge in [-0.05, 0) is 19.1 Å². The van der Waals surface area contributed by atoms with E-state index in [1.54, 1.807) is 6.07 Å². The van der Waals surface area contributed by atoms with Crippen LogP contribution in [-0.2, 0) is 4.74 Å². The summed E-state index contributed by atoms with van der Waals surface area (Å²) in [6.45, 7) is 6.79. The fraction of sp³-hybridized carbons (Fsp3) is 0.333. The Morgan fingerprint density at radius 1 is 1.65 bits per heavy atom. The van der Waals surface area contributed by atoms with Crippen LogP contribution in [0.15, 0.2) is 30.5 Å². The first-order chi connectivity index (χ1) is 8.11. The molecule has 0 radical (unpaired) electrons. The molecule has 1 heterocycles. The third-order valence-corrected chi connectivity index (χ3v) is 1.88. The number of carbonyl (C=O) groups excluding carboxylic acids is 1. The highest BCUT2D eigenvalue weighted by Gasteiger charge is 2.10. The normalized spacial score (nSPS) is 9.94. The van der Waals surface area contributed by atoms with Gasteiger partial charge in [0.2, 0.25) is 0 Å². The lowest BCUT2D eigenvalue weighted by atomic mass is 10.3. The number of ether oxygens (including phenoxy) is 1. The number of hydrogen-bond donors (Lipinski definition) is 2. The predicted molar refractivity (Wildman–Crippen MR) is 63.9 cm³/mol. The minimum Gasteiger partial charge on any atom is -0.505 e. The maximum Gasteiger partial charge on any atom is 0.273 e. The second-order valence-corrected chi connectivity index (χ2v) is 3.64. The second kappa shape index (κ2) is 6.65. The molecular formula is C12H16N2O3. The molecule has 0 aromatic carbocycles. The van der Waals surface area contributed by atoms with Gasteiger partial charge in [-0.2, -0.15) is 0 Å². The van der Waals surface area contributed by atoms with E-state index in [4.69, 9.17) is 4.74 Å². The van der Waals surface area contributed by atoms with Crippen LogP contribution in [0.25, 0.3) is 0 Å². The first-order valence-electron chi connectivity index (χ1n) is 5.25. The highest BCUT2D eigenvalue weighted by atomic mass is 16.5. The van der Waals surface area contributed by atoms with Crippen molar-refractivity contribution in [1.82, 2.24) is 10.3 Å². The monoisotopic (exact) mass is 236 g/mol. The number of pyridine rings is 1. The van der Waals surface area contributed by atoms with Gasteiger partial charge in [0.05, 0.1) is 13.2 Å². The minimum atomic E-state index is -0.415. The number of amides is 1. The molecule has 1 rings (SSSR count). The van der Waals surface area contributed by atoms with Crippen molar-refractivity contribution in [3.8, 4) is 5.75 Å². The average Bonchev–Trinajstić information content (AvgIpc) is 2.28. The topological polar surface area (TPSA) is 71.5 Å². The Hall–Kier alpha value is -1.88. The van der Waals surface area contributed by atoms with E-state index >= 15 is 0 Å². The van der Waals surface area contributed by atoms with Crippen molar-refractivity contribution < 1.29 is 14.6 Å². The predicted octanol–water partition coefficient (Wildman–Crippen LogP) is 1.11. The lowest BCUT2D eigenvalue weighted by Gasteiger charge is -2.06. The number of carbonyl (C=O) groups is 1. The Balaban J connectivity index is 2.31. The summed E-state index contributed by atoms with van der Waals surface area (Å²) in [5, 5.41) is 12.0. The number of aromatic hydroxyl groups is 1. The van der Waals surface area contributed by atoms with E-state index in [0.717, 1.165) is 5.57 Å². The zero-order chi connectivity index (χ0) is 12.7. The van der Waals surface area contributed by atoms with Crippen molar-refractivity contribution in [2.24, 2.45) is 0 Å². The van der Waals surface area contributed by atoms with Crippen LogP contribution in [0.4, 0.5) is 0 Å². The first kappa shape index (κ1) is 13.2. The van der Waals surface area contributed by atoms with Gasteiger partial charge >= 0.3 is 0 Å². The molecule has 5 nitrogen and oxygen atoms in total. The van der Waals surface area contributed by atoms with Crippen LogP contribution in [0.2, 0.25) is 0 Å². The molecule has 2 N–H and O–H groups in total. The van der Waals surface area contributed by atoms with Gasteiger partial charge in [-0.1, -0.05) is 12.2 Å². The van der Waals surface area contributed by atoms with Crippen molar-refractivity contribution in [3.05, 3.63) is 36.2 Å². The molecule has 5 heteroatoms. The Labute approximate surface area is 100 Å². The van der Waals surface area contributed by atoms with Gasteiger partial charge in [0.15, 0.2) is 5.69 Å². The summed E-state index contributed by atoms with van der Waals surface area (Å²) in [6.07, 6.45) is 1.45. The summed E-state index contributed by atoms with van der Waals surface area (Å²) >= 11 is 0. The van der Waals surface area contributed by atoms with Gasteiger partial charge in [-0.25, -0.2) is 4.98 Å². The zero-order valence-corrected chi connectivity index (χ0v) is 9.77. The fourth-order valence-electron chi connectivity index (χ4n) is 1.14. The van der Waals surface area contributed by atoms with E-state index < -0.39 is 5.91 Å². The number of aromatic nitrogens is 1. The molecule has 0 fully saturated rings. The molecule has 17 heavy (non-hydrogen) atoms. The van der Waals surface area contributed by atoms with Crippen LogP contribution in [-0.4, -0.2) is 35.8 Å². The zero-order valence-electron chi connectivity index (χ0n) is 9.77. The molecule has 0 aliphatic rings. The van der Waals surface area contributed by atoms with Crippen LogP contribution < -0.4 is 5.32 Å². The summed E-state index contributed by atoms with van der Waals surface area (Å²) in [5.41, 5.74) is 0.950. The maximum atomic E-state index is 11.6. The third kappa shape index (κ3) is 4.65. The molecule has 0 aliphatic carbocycles. The van der Waals surface area contributed by atoms with Crippen LogP contribution in [0.5, 0.6) is 5.75 Å². The number of rotatable bonds is 6. The Bertz CT molecular complexity index is 404. The molecule has 1 aromatic rings. The molecule has 0 aliphatic heterocycles. The SMILES string of the molecule is C=C(C)COCCNC(=O)c1ncccc1O. The van der Waals surface area contributed by atoms with Crippen molar-refractivity contribution in [3.63, 3.8) is 0 Å². The van der Waals surface area contributed by atoms with Gasteiger partial charge in [-0.15, -0.1) is 0 Å². The lowest BCUT2D eigenvalue weighted by molar-refractivity contribution is 0.0919. The molecule has 0 atom stereocenters. The highest BCUT2D eigenvalue weighted by Crippen LogP contribution is 2.11. The molecule has 92 valence electrons. The maximum absolute atomic E-state index is 11.6. The third-order valence-electron chi connectivity index (χ3n) is 1.88. The summed E-state index contributed by atoms with van der Waals surface area (Å²) in [4.78, 5) is 15.3. The highest BCUT2D eigenvalue weighted by molar-refractivity contribution is 5.94. The molecular weight excluding hydrogens is 220 g/mol. The molecule has 0 saturated carbocycles. The lowest BCUT2D eigenvalue weighted by Crippen LogP contribution is -2.28. The van der Waals surface area contributed by atoms with Crippen molar-refractivity contribution in [2.75, 3.05) is 19.8 Å². The van der Waals surface area contributed by atoms with Crippen molar-refractivity contribution >= 4 is 5.91 Å². The van der Waals surface area contributed by atoms with Gasteiger partial charge < -0.3 is 15.2 Å². The molecule has 0 unspecified atom stereocenters. The van der Waals surface area contributed by atoms with Crippen LogP contribution >= 0.6 is 0 Å². The van der Waals surface area contributed by atoms with Gasteiger partial charge in [0.25, 0.3) is 5.91 Å². The summed E-state index contributed by atoms with van der Waals surface area (Å²) in [5.74, 6) is -0.546. The summed E-state index contributed by atoms with van der Waals surface area (Å²) in [7, 11) is 0. The summed E-state index contributed by atoms with van der Waals surface area (Å²) in [6, 6.07) is 2.97. The molecule has 0 saturated heterocycles. The Morgan fingerprint density at radius 3 is 3.06 bits per heavy atom. The molecule has 0 bridgehead atoms.